The largest absolute Gasteiger partial charge is 0.355 e. The lowest BCUT2D eigenvalue weighted by molar-refractivity contribution is -0.122. The summed E-state index contributed by atoms with van der Waals surface area (Å²) in [6.07, 6.45) is 0.371. The average molecular weight is 415 g/mol. The lowest BCUT2D eigenvalue weighted by Crippen LogP contribution is -2.50. The summed E-state index contributed by atoms with van der Waals surface area (Å²) in [5.74, 6) is 0.422. The molecule has 6 nitrogen and oxygen atoms in total. The Labute approximate surface area is 171 Å². The number of nitrogens with zero attached hydrogens (tertiary/aromatic N) is 2. The predicted octanol–water partition coefficient (Wildman–Crippen LogP) is 2.71. The van der Waals surface area contributed by atoms with Gasteiger partial charge in [0.2, 0.25) is 11.8 Å². The number of hydrogen-bond acceptors (Lipinski definition) is 4. The van der Waals surface area contributed by atoms with E-state index in [1.165, 1.54) is 0 Å². The van der Waals surface area contributed by atoms with Crippen LogP contribution in [0.1, 0.15) is 20.3 Å². The highest BCUT2D eigenvalue weighted by Gasteiger charge is 2.19. The number of para-hydroxylation sites is 1. The second-order valence-electron chi connectivity index (χ2n) is 7.21. The first-order chi connectivity index (χ1) is 12.8. The Morgan fingerprint density at radius 3 is 2.22 bits per heavy atom. The average Bonchev–Trinajstić information content (AvgIpc) is 2.62. The summed E-state index contributed by atoms with van der Waals surface area (Å²) in [5.41, 5.74) is 0.461. The maximum atomic E-state index is 12.2. The molecule has 8 heteroatoms. The molecule has 1 aromatic rings. The lowest BCUT2D eigenvalue weighted by Gasteiger charge is -2.34. The fourth-order valence-electron chi connectivity index (χ4n) is 2.83. The van der Waals surface area contributed by atoms with Crippen molar-refractivity contribution < 1.29 is 9.59 Å². The van der Waals surface area contributed by atoms with Crippen LogP contribution in [-0.2, 0) is 9.59 Å². The van der Waals surface area contributed by atoms with Crippen LogP contribution in [0, 0.1) is 5.92 Å². The van der Waals surface area contributed by atoms with Crippen molar-refractivity contribution in [1.82, 2.24) is 15.1 Å². The van der Waals surface area contributed by atoms with Crippen LogP contribution in [0.2, 0.25) is 10.0 Å². The van der Waals surface area contributed by atoms with Gasteiger partial charge in [-0.1, -0.05) is 43.1 Å². The van der Waals surface area contributed by atoms with Gasteiger partial charge in [0.15, 0.2) is 0 Å². The maximum absolute atomic E-state index is 12.2. The van der Waals surface area contributed by atoms with Gasteiger partial charge in [0.05, 0.1) is 22.3 Å². The van der Waals surface area contributed by atoms with Gasteiger partial charge in [-0.15, -0.1) is 0 Å². The highest BCUT2D eigenvalue weighted by Crippen LogP contribution is 2.29. The number of benzene rings is 1. The van der Waals surface area contributed by atoms with Crippen molar-refractivity contribution in [3.63, 3.8) is 0 Å². The summed E-state index contributed by atoms with van der Waals surface area (Å²) in [4.78, 5) is 28.5. The van der Waals surface area contributed by atoms with Crippen molar-refractivity contribution in [2.24, 2.45) is 5.92 Å². The van der Waals surface area contributed by atoms with Gasteiger partial charge in [0.1, 0.15) is 0 Å². The van der Waals surface area contributed by atoms with Gasteiger partial charge in [-0.3, -0.25) is 14.5 Å². The van der Waals surface area contributed by atoms with Crippen molar-refractivity contribution in [2.45, 2.75) is 20.3 Å². The Morgan fingerprint density at radius 2 is 1.63 bits per heavy atom. The van der Waals surface area contributed by atoms with Crippen LogP contribution in [-0.4, -0.2) is 67.4 Å². The molecule has 0 radical (unpaired) electrons. The smallest absolute Gasteiger partial charge is 0.234 e. The number of rotatable bonds is 8. The topological polar surface area (TPSA) is 64.7 Å². The van der Waals surface area contributed by atoms with Crippen LogP contribution in [0.15, 0.2) is 18.2 Å². The summed E-state index contributed by atoms with van der Waals surface area (Å²) in [7, 11) is 0. The minimum Gasteiger partial charge on any atom is -0.355 e. The van der Waals surface area contributed by atoms with Crippen LogP contribution in [0.4, 0.5) is 5.69 Å². The van der Waals surface area contributed by atoms with Gasteiger partial charge in [0, 0.05) is 45.7 Å². The first-order valence-electron chi connectivity index (χ1n) is 9.30. The summed E-state index contributed by atoms with van der Waals surface area (Å²) >= 11 is 12.1. The zero-order valence-corrected chi connectivity index (χ0v) is 17.4. The Hall–Kier alpha value is -1.34. The Kier molecular flexibility index (Phi) is 8.83. The molecule has 1 aliphatic rings. The normalized spacial score (nSPS) is 15.7. The first-order valence-corrected chi connectivity index (χ1v) is 10.1. The molecule has 2 rings (SSSR count). The van der Waals surface area contributed by atoms with Crippen molar-refractivity contribution in [1.29, 1.82) is 0 Å². The number of anilines is 1. The van der Waals surface area contributed by atoms with Crippen molar-refractivity contribution in [3.8, 4) is 0 Å². The molecule has 0 aromatic heterocycles. The van der Waals surface area contributed by atoms with E-state index in [-0.39, 0.29) is 11.8 Å². The van der Waals surface area contributed by atoms with Gasteiger partial charge in [-0.2, -0.15) is 0 Å². The van der Waals surface area contributed by atoms with E-state index < -0.39 is 0 Å². The van der Waals surface area contributed by atoms with Gasteiger partial charge in [-0.05, 0) is 18.1 Å². The molecule has 1 fully saturated rings. The van der Waals surface area contributed by atoms with E-state index in [0.717, 1.165) is 26.2 Å². The Morgan fingerprint density at radius 1 is 1.04 bits per heavy atom. The number of amides is 2. The molecule has 0 saturated carbocycles. The number of halogens is 2. The minimum atomic E-state index is -0.111. The zero-order chi connectivity index (χ0) is 19.8. The zero-order valence-electron chi connectivity index (χ0n) is 15.9. The molecule has 27 heavy (non-hydrogen) atoms. The third-order valence-electron chi connectivity index (χ3n) is 4.42. The molecule has 0 spiro atoms. The maximum Gasteiger partial charge on any atom is 0.234 e. The van der Waals surface area contributed by atoms with Crippen molar-refractivity contribution in [3.05, 3.63) is 28.2 Å². The summed E-state index contributed by atoms with van der Waals surface area (Å²) in [6.45, 7) is 9.32. The molecule has 1 heterocycles. The number of hydrogen-bond donors (Lipinski definition) is 2. The fourth-order valence-corrected chi connectivity index (χ4v) is 3.32. The fraction of sp³-hybridized carbons (Fsp3) is 0.579. The number of nitrogens with one attached hydrogen (secondary N) is 2. The third-order valence-corrected chi connectivity index (χ3v) is 5.05. The van der Waals surface area contributed by atoms with Gasteiger partial charge in [-0.25, -0.2) is 0 Å². The molecule has 150 valence electrons. The van der Waals surface area contributed by atoms with Crippen LogP contribution in [0.3, 0.4) is 0 Å². The molecule has 1 aliphatic heterocycles. The van der Waals surface area contributed by atoms with E-state index in [4.69, 9.17) is 23.2 Å². The highest BCUT2D eigenvalue weighted by molar-refractivity contribution is 6.39. The molecule has 2 amide bonds. The van der Waals surface area contributed by atoms with E-state index in [9.17, 15) is 9.59 Å². The molecule has 0 unspecified atom stereocenters. The third kappa shape index (κ3) is 7.66. The van der Waals surface area contributed by atoms with Gasteiger partial charge in [0.25, 0.3) is 0 Å². The summed E-state index contributed by atoms with van der Waals surface area (Å²) in [5, 5.41) is 6.59. The first kappa shape index (κ1) is 22.0. The molecule has 0 aliphatic carbocycles. The van der Waals surface area contributed by atoms with Crippen LogP contribution in [0.5, 0.6) is 0 Å². The molecular weight excluding hydrogens is 387 g/mol. The molecule has 2 N–H and O–H groups in total. The van der Waals surface area contributed by atoms with E-state index in [1.54, 1.807) is 18.2 Å². The van der Waals surface area contributed by atoms with Gasteiger partial charge >= 0.3 is 0 Å². The number of piperazine rings is 1. The highest BCUT2D eigenvalue weighted by atomic mass is 35.5. The quantitative estimate of drug-likeness (QED) is 0.686. The van der Waals surface area contributed by atoms with Gasteiger partial charge < -0.3 is 15.5 Å². The number of carbonyl (C=O) groups is 2. The second kappa shape index (κ2) is 10.9. The van der Waals surface area contributed by atoms with Crippen LogP contribution < -0.4 is 10.6 Å². The number of carbonyl (C=O) groups excluding carboxylic acids is 2. The van der Waals surface area contributed by atoms with E-state index in [1.807, 2.05) is 0 Å². The Bertz CT molecular complexity index is 626. The molecule has 1 saturated heterocycles. The monoisotopic (exact) mass is 414 g/mol. The summed E-state index contributed by atoms with van der Waals surface area (Å²) in [6, 6.07) is 5.13. The van der Waals surface area contributed by atoms with Crippen LogP contribution >= 0.6 is 23.2 Å². The second-order valence-corrected chi connectivity index (χ2v) is 8.02. The Balaban J connectivity index is 1.67. The van der Waals surface area contributed by atoms with E-state index in [0.29, 0.717) is 47.7 Å². The lowest BCUT2D eigenvalue weighted by atomic mass is 10.2. The summed E-state index contributed by atoms with van der Waals surface area (Å²) < 4.78 is 0. The predicted molar refractivity (Wildman–Crippen MR) is 110 cm³/mol. The molecule has 0 bridgehead atoms. The van der Waals surface area contributed by atoms with Crippen molar-refractivity contribution >= 4 is 40.7 Å². The molecule has 0 atom stereocenters. The molecular formula is C19H28Cl2N4O2. The van der Waals surface area contributed by atoms with Crippen LogP contribution in [0.25, 0.3) is 0 Å². The molecule has 1 aromatic carbocycles. The standard InChI is InChI=1S/C19H28Cl2N4O2/c1-14(2)12-22-18(27)13-25-10-8-24(9-11-25)7-6-17(26)23-19-15(20)4-3-5-16(19)21/h3-5,14H,6-13H2,1-2H3,(H,22,27)(H,23,26). The minimum absolute atomic E-state index is 0.0770. The van der Waals surface area contributed by atoms with Crippen molar-refractivity contribution in [2.75, 3.05) is 51.1 Å². The van der Waals surface area contributed by atoms with E-state index >= 15 is 0 Å². The van der Waals surface area contributed by atoms with E-state index in [2.05, 4.69) is 34.3 Å². The SMILES string of the molecule is CC(C)CNC(=O)CN1CCN(CCC(=O)Nc2c(Cl)cccc2Cl)CC1.